The summed E-state index contributed by atoms with van der Waals surface area (Å²) in [7, 11) is 0. The third-order valence-corrected chi connectivity index (χ3v) is 4.59. The normalized spacial score (nSPS) is 11.2. The molecule has 5 heteroatoms. The number of halogens is 1. The molecule has 0 fully saturated rings. The molecule has 0 saturated carbocycles. The maximum absolute atomic E-state index is 12.2. The maximum Gasteiger partial charge on any atom is 0.251 e. The lowest BCUT2D eigenvalue weighted by Crippen LogP contribution is -2.25. The quantitative estimate of drug-likeness (QED) is 0.666. The fourth-order valence-electron chi connectivity index (χ4n) is 2.94. The lowest BCUT2D eigenvalue weighted by molar-refractivity contribution is 0.0954. The van der Waals surface area contributed by atoms with Crippen LogP contribution in [-0.2, 0) is 13.0 Å². The van der Waals surface area contributed by atoms with Crippen LogP contribution in [0.2, 0.25) is 0 Å². The summed E-state index contributed by atoms with van der Waals surface area (Å²) in [6.07, 6.45) is 4.79. The Bertz CT molecular complexity index is 868. The second-order valence-electron chi connectivity index (χ2n) is 6.59. The Morgan fingerprint density at radius 2 is 2.00 bits per heavy atom. The first-order valence-electron chi connectivity index (χ1n) is 8.51. The van der Waals surface area contributed by atoms with E-state index in [9.17, 15) is 4.79 Å². The molecule has 2 heterocycles. The zero-order valence-electron chi connectivity index (χ0n) is 14.5. The van der Waals surface area contributed by atoms with Gasteiger partial charge in [0.15, 0.2) is 0 Å². The second kappa shape index (κ2) is 7.83. The van der Waals surface area contributed by atoms with Crippen molar-refractivity contribution in [1.29, 1.82) is 0 Å². The van der Waals surface area contributed by atoms with Gasteiger partial charge in [0.2, 0.25) is 0 Å². The van der Waals surface area contributed by atoms with Gasteiger partial charge in [-0.25, -0.2) is 4.98 Å². The standard InChI is InChI=1S/C20H22BrN3O/c1-14(2)12-24-13-16(18-4-3-10-22-19(18)24)9-11-23-20(25)15-5-7-17(21)8-6-15/h3-8,10,13-14H,9,11-12H2,1-2H3,(H,23,25). The summed E-state index contributed by atoms with van der Waals surface area (Å²) >= 11 is 3.38. The number of carbonyl (C=O) groups is 1. The number of hydrogen-bond acceptors (Lipinski definition) is 2. The average Bonchev–Trinajstić information content (AvgIpc) is 2.93. The van der Waals surface area contributed by atoms with Crippen LogP contribution in [0.5, 0.6) is 0 Å². The van der Waals surface area contributed by atoms with Crippen LogP contribution in [0.15, 0.2) is 53.3 Å². The van der Waals surface area contributed by atoms with Gasteiger partial charge in [-0.05, 0) is 54.3 Å². The van der Waals surface area contributed by atoms with Crippen molar-refractivity contribution in [2.75, 3.05) is 6.54 Å². The van der Waals surface area contributed by atoms with Crippen molar-refractivity contribution in [2.24, 2.45) is 5.92 Å². The summed E-state index contributed by atoms with van der Waals surface area (Å²) in [4.78, 5) is 16.7. The van der Waals surface area contributed by atoms with E-state index in [1.807, 2.05) is 36.5 Å². The predicted octanol–water partition coefficient (Wildman–Crippen LogP) is 4.43. The van der Waals surface area contributed by atoms with Crippen molar-refractivity contribution in [3.63, 3.8) is 0 Å². The van der Waals surface area contributed by atoms with Gasteiger partial charge in [-0.2, -0.15) is 0 Å². The second-order valence-corrected chi connectivity index (χ2v) is 7.50. The fourth-order valence-corrected chi connectivity index (χ4v) is 3.21. The molecule has 0 spiro atoms. The summed E-state index contributed by atoms with van der Waals surface area (Å²) < 4.78 is 3.18. The van der Waals surface area contributed by atoms with E-state index >= 15 is 0 Å². The Morgan fingerprint density at radius 3 is 2.72 bits per heavy atom. The monoisotopic (exact) mass is 399 g/mol. The van der Waals surface area contributed by atoms with Crippen LogP contribution in [0.4, 0.5) is 0 Å². The Labute approximate surface area is 156 Å². The van der Waals surface area contributed by atoms with E-state index in [1.54, 1.807) is 0 Å². The van der Waals surface area contributed by atoms with Crippen LogP contribution in [-0.4, -0.2) is 22.0 Å². The van der Waals surface area contributed by atoms with Crippen molar-refractivity contribution in [1.82, 2.24) is 14.9 Å². The van der Waals surface area contributed by atoms with Crippen molar-refractivity contribution in [3.8, 4) is 0 Å². The van der Waals surface area contributed by atoms with Crippen molar-refractivity contribution >= 4 is 32.9 Å². The van der Waals surface area contributed by atoms with E-state index in [-0.39, 0.29) is 5.91 Å². The van der Waals surface area contributed by atoms with Gasteiger partial charge in [-0.3, -0.25) is 4.79 Å². The number of carbonyl (C=O) groups excluding carboxylic acids is 1. The smallest absolute Gasteiger partial charge is 0.251 e. The molecule has 0 aliphatic carbocycles. The molecule has 1 aromatic carbocycles. The highest BCUT2D eigenvalue weighted by Crippen LogP contribution is 2.21. The van der Waals surface area contributed by atoms with Gasteiger partial charge in [0, 0.05) is 40.9 Å². The molecule has 2 aromatic heterocycles. The summed E-state index contributed by atoms with van der Waals surface area (Å²) in [6.45, 7) is 5.95. The molecule has 0 unspecified atom stereocenters. The molecule has 0 radical (unpaired) electrons. The molecule has 0 atom stereocenters. The van der Waals surface area contributed by atoms with Crippen molar-refractivity contribution < 1.29 is 4.79 Å². The van der Waals surface area contributed by atoms with Gasteiger partial charge in [0.25, 0.3) is 5.91 Å². The van der Waals surface area contributed by atoms with E-state index in [0.717, 1.165) is 23.1 Å². The topological polar surface area (TPSA) is 46.9 Å². The Kier molecular flexibility index (Phi) is 5.53. The Hall–Kier alpha value is -2.14. The number of rotatable bonds is 6. The van der Waals surface area contributed by atoms with Crippen molar-refractivity contribution in [2.45, 2.75) is 26.8 Å². The molecule has 130 valence electrons. The number of amides is 1. The number of benzene rings is 1. The number of fused-ring (bicyclic) bond motifs is 1. The number of nitrogens with one attached hydrogen (secondary N) is 1. The highest BCUT2D eigenvalue weighted by atomic mass is 79.9. The molecule has 0 aliphatic rings. The molecule has 3 rings (SSSR count). The summed E-state index contributed by atoms with van der Waals surface area (Å²) in [5, 5.41) is 4.17. The number of hydrogen-bond donors (Lipinski definition) is 1. The lowest BCUT2D eigenvalue weighted by Gasteiger charge is -2.07. The molecule has 4 nitrogen and oxygen atoms in total. The molecule has 0 saturated heterocycles. The number of aromatic nitrogens is 2. The SMILES string of the molecule is CC(C)Cn1cc(CCNC(=O)c2ccc(Br)cc2)c2cccnc21. The summed E-state index contributed by atoms with van der Waals surface area (Å²) in [6, 6.07) is 11.5. The molecular formula is C20H22BrN3O. The minimum absolute atomic E-state index is 0.0449. The summed E-state index contributed by atoms with van der Waals surface area (Å²) in [5.41, 5.74) is 2.91. The number of pyridine rings is 1. The van der Waals surface area contributed by atoms with Gasteiger partial charge < -0.3 is 9.88 Å². The highest BCUT2D eigenvalue weighted by molar-refractivity contribution is 9.10. The van der Waals surface area contributed by atoms with Gasteiger partial charge in [-0.1, -0.05) is 29.8 Å². The Morgan fingerprint density at radius 1 is 1.24 bits per heavy atom. The van der Waals surface area contributed by atoms with Crippen LogP contribution in [0.1, 0.15) is 29.8 Å². The molecule has 1 N–H and O–H groups in total. The van der Waals surface area contributed by atoms with E-state index < -0.39 is 0 Å². The largest absolute Gasteiger partial charge is 0.352 e. The van der Waals surface area contributed by atoms with E-state index in [1.165, 1.54) is 10.9 Å². The van der Waals surface area contributed by atoms with Gasteiger partial charge in [0.1, 0.15) is 5.65 Å². The van der Waals surface area contributed by atoms with Gasteiger partial charge in [0.05, 0.1) is 0 Å². The molecular weight excluding hydrogens is 378 g/mol. The zero-order valence-corrected chi connectivity index (χ0v) is 16.1. The lowest BCUT2D eigenvalue weighted by atomic mass is 10.1. The Balaban J connectivity index is 1.69. The first kappa shape index (κ1) is 17.7. The van der Waals surface area contributed by atoms with Gasteiger partial charge >= 0.3 is 0 Å². The summed E-state index contributed by atoms with van der Waals surface area (Å²) in [5.74, 6) is 0.513. The minimum Gasteiger partial charge on any atom is -0.352 e. The third kappa shape index (κ3) is 4.28. The van der Waals surface area contributed by atoms with Crippen LogP contribution in [0.25, 0.3) is 11.0 Å². The first-order valence-corrected chi connectivity index (χ1v) is 9.30. The third-order valence-electron chi connectivity index (χ3n) is 4.06. The minimum atomic E-state index is -0.0449. The van der Waals surface area contributed by atoms with Crippen LogP contribution in [0.3, 0.4) is 0 Å². The predicted molar refractivity (Wildman–Crippen MR) is 105 cm³/mol. The van der Waals surface area contributed by atoms with Gasteiger partial charge in [-0.15, -0.1) is 0 Å². The first-order chi connectivity index (χ1) is 12.0. The average molecular weight is 400 g/mol. The molecule has 0 aliphatic heterocycles. The van der Waals surface area contributed by atoms with Crippen LogP contribution in [0, 0.1) is 5.92 Å². The van der Waals surface area contributed by atoms with Crippen molar-refractivity contribution in [3.05, 3.63) is 64.4 Å². The highest BCUT2D eigenvalue weighted by Gasteiger charge is 2.11. The molecule has 1 amide bonds. The van der Waals surface area contributed by atoms with E-state index in [2.05, 4.69) is 56.9 Å². The van der Waals surface area contributed by atoms with E-state index in [4.69, 9.17) is 0 Å². The van der Waals surface area contributed by atoms with Crippen LogP contribution < -0.4 is 5.32 Å². The maximum atomic E-state index is 12.2. The number of nitrogens with zero attached hydrogens (tertiary/aromatic N) is 2. The molecule has 25 heavy (non-hydrogen) atoms. The van der Waals surface area contributed by atoms with E-state index in [0.29, 0.717) is 18.0 Å². The van der Waals surface area contributed by atoms with Crippen LogP contribution >= 0.6 is 15.9 Å². The molecule has 3 aromatic rings. The molecule has 0 bridgehead atoms. The zero-order chi connectivity index (χ0) is 17.8. The fraction of sp³-hybridized carbons (Fsp3) is 0.300.